The molecule has 0 spiro atoms. The van der Waals surface area contributed by atoms with E-state index in [1.165, 1.54) is 0 Å². The van der Waals surface area contributed by atoms with Crippen molar-refractivity contribution in [2.75, 3.05) is 33.8 Å². The number of methoxy groups -OCH3 is 4. The molecule has 8 heteroatoms. The van der Waals surface area contributed by atoms with E-state index in [1.54, 1.807) is 34.5 Å². The van der Waals surface area contributed by atoms with Gasteiger partial charge in [-0.05, 0) is 36.8 Å². The molecule has 1 atom stereocenters. The molecule has 0 amide bonds. The summed E-state index contributed by atoms with van der Waals surface area (Å²) in [5.74, 6) is 2.29. The van der Waals surface area contributed by atoms with Gasteiger partial charge in [-0.1, -0.05) is 48.0 Å². The van der Waals surface area contributed by atoms with Gasteiger partial charge in [0.2, 0.25) is 5.75 Å². The fourth-order valence-electron chi connectivity index (χ4n) is 3.68. The van der Waals surface area contributed by atoms with Crippen LogP contribution in [0.25, 0.3) is 0 Å². The van der Waals surface area contributed by atoms with E-state index in [-0.39, 0.29) is 6.04 Å². The van der Waals surface area contributed by atoms with Gasteiger partial charge in [0, 0.05) is 35.0 Å². The standard InChI is InChI=1S/C26H29ClN2O4S/c1-17(18-9-7-6-8-10-18)29(16-19-11-12-20(27)13-22(19)30-2)26(34)28-21-14-23(31-3)25(33-5)24(15-21)32-4/h6-15,17H,16H2,1-5H3,(H,28,34). The quantitative estimate of drug-likeness (QED) is 0.344. The van der Waals surface area contributed by atoms with Gasteiger partial charge in [-0.25, -0.2) is 0 Å². The van der Waals surface area contributed by atoms with Gasteiger partial charge < -0.3 is 29.2 Å². The molecular formula is C26H29ClN2O4S. The third-order valence-corrected chi connectivity index (χ3v) is 6.09. The first-order valence-corrected chi connectivity index (χ1v) is 11.4. The van der Waals surface area contributed by atoms with Crippen molar-refractivity contribution in [1.82, 2.24) is 4.90 Å². The predicted octanol–water partition coefficient (Wildman–Crippen LogP) is 6.33. The second-order valence-corrected chi connectivity index (χ2v) is 8.34. The number of nitrogens with zero attached hydrogens (tertiary/aromatic N) is 1. The first kappa shape index (κ1) is 25.5. The second kappa shape index (κ2) is 11.8. The number of thiocarbonyl (C=S) groups is 1. The van der Waals surface area contributed by atoms with Crippen LogP contribution in [0.3, 0.4) is 0 Å². The van der Waals surface area contributed by atoms with E-state index in [0.717, 1.165) is 11.1 Å². The first-order valence-electron chi connectivity index (χ1n) is 10.7. The predicted molar refractivity (Wildman–Crippen MR) is 141 cm³/mol. The molecule has 3 aromatic carbocycles. The summed E-state index contributed by atoms with van der Waals surface area (Å²) in [6.07, 6.45) is 0. The maximum atomic E-state index is 6.18. The molecule has 0 radical (unpaired) electrons. The Balaban J connectivity index is 1.97. The number of hydrogen-bond donors (Lipinski definition) is 1. The van der Waals surface area contributed by atoms with Gasteiger partial charge in [-0.2, -0.15) is 0 Å². The molecule has 0 saturated heterocycles. The zero-order chi connectivity index (χ0) is 24.7. The highest BCUT2D eigenvalue weighted by atomic mass is 35.5. The van der Waals surface area contributed by atoms with Crippen LogP contribution in [-0.4, -0.2) is 38.5 Å². The highest BCUT2D eigenvalue weighted by Gasteiger charge is 2.22. The Hall–Kier alpha value is -3.16. The first-order chi connectivity index (χ1) is 16.4. The summed E-state index contributed by atoms with van der Waals surface area (Å²) in [7, 11) is 6.36. The summed E-state index contributed by atoms with van der Waals surface area (Å²) in [5, 5.41) is 4.48. The topological polar surface area (TPSA) is 52.2 Å². The van der Waals surface area contributed by atoms with Crippen molar-refractivity contribution in [1.29, 1.82) is 0 Å². The summed E-state index contributed by atoms with van der Waals surface area (Å²) >= 11 is 12.1. The fraction of sp³-hybridized carbons (Fsp3) is 0.269. The Bertz CT molecular complexity index is 1100. The van der Waals surface area contributed by atoms with Crippen molar-refractivity contribution in [3.8, 4) is 23.0 Å². The van der Waals surface area contributed by atoms with E-state index in [4.69, 9.17) is 42.8 Å². The van der Waals surface area contributed by atoms with Crippen LogP contribution in [0.1, 0.15) is 24.1 Å². The molecule has 0 fully saturated rings. The molecule has 1 unspecified atom stereocenters. The van der Waals surface area contributed by atoms with E-state index in [9.17, 15) is 0 Å². The number of anilines is 1. The van der Waals surface area contributed by atoms with Crippen molar-refractivity contribution in [3.63, 3.8) is 0 Å². The SMILES string of the molecule is COc1cc(Cl)ccc1CN(C(=S)Nc1cc(OC)c(OC)c(OC)c1)C(C)c1ccccc1. The van der Waals surface area contributed by atoms with Crippen LogP contribution in [0.4, 0.5) is 5.69 Å². The fourth-order valence-corrected chi connectivity index (χ4v) is 4.18. The zero-order valence-electron chi connectivity index (χ0n) is 19.9. The Morgan fingerprint density at radius 3 is 2.06 bits per heavy atom. The van der Waals surface area contributed by atoms with Crippen molar-refractivity contribution in [2.24, 2.45) is 0 Å². The van der Waals surface area contributed by atoms with Crippen LogP contribution in [-0.2, 0) is 6.54 Å². The third-order valence-electron chi connectivity index (χ3n) is 5.52. The zero-order valence-corrected chi connectivity index (χ0v) is 21.5. The van der Waals surface area contributed by atoms with Gasteiger partial charge in [0.25, 0.3) is 0 Å². The van der Waals surface area contributed by atoms with E-state index >= 15 is 0 Å². The van der Waals surface area contributed by atoms with Gasteiger partial charge in [0.1, 0.15) is 5.75 Å². The highest BCUT2D eigenvalue weighted by molar-refractivity contribution is 7.80. The molecule has 0 aliphatic heterocycles. The average molecular weight is 501 g/mol. The lowest BCUT2D eigenvalue weighted by atomic mass is 10.1. The van der Waals surface area contributed by atoms with Crippen LogP contribution in [0, 0.1) is 0 Å². The molecule has 0 aromatic heterocycles. The Morgan fingerprint density at radius 2 is 1.50 bits per heavy atom. The number of nitrogens with one attached hydrogen (secondary N) is 1. The van der Waals surface area contributed by atoms with Crippen LogP contribution in [0.15, 0.2) is 60.7 Å². The molecule has 180 valence electrons. The molecular weight excluding hydrogens is 472 g/mol. The number of hydrogen-bond acceptors (Lipinski definition) is 5. The average Bonchev–Trinajstić information content (AvgIpc) is 2.87. The highest BCUT2D eigenvalue weighted by Crippen LogP contribution is 2.40. The normalized spacial score (nSPS) is 11.4. The van der Waals surface area contributed by atoms with Crippen LogP contribution in [0.2, 0.25) is 5.02 Å². The lowest BCUT2D eigenvalue weighted by Crippen LogP contribution is -2.36. The third kappa shape index (κ3) is 5.85. The van der Waals surface area contributed by atoms with Crippen LogP contribution < -0.4 is 24.3 Å². The molecule has 0 bridgehead atoms. The van der Waals surface area contributed by atoms with Gasteiger partial charge in [-0.3, -0.25) is 0 Å². The van der Waals surface area contributed by atoms with E-state index in [0.29, 0.717) is 45.4 Å². The molecule has 0 aliphatic rings. The smallest absolute Gasteiger partial charge is 0.203 e. The van der Waals surface area contributed by atoms with Gasteiger partial charge in [0.05, 0.1) is 34.5 Å². The van der Waals surface area contributed by atoms with Gasteiger partial charge in [-0.15, -0.1) is 0 Å². The van der Waals surface area contributed by atoms with Crippen LogP contribution >= 0.6 is 23.8 Å². The van der Waals surface area contributed by atoms with Crippen LogP contribution in [0.5, 0.6) is 23.0 Å². The lowest BCUT2D eigenvalue weighted by molar-refractivity contribution is 0.323. The number of ether oxygens (including phenoxy) is 4. The number of benzene rings is 3. The molecule has 6 nitrogen and oxygen atoms in total. The minimum atomic E-state index is -0.0244. The molecule has 0 heterocycles. The lowest BCUT2D eigenvalue weighted by Gasteiger charge is -2.33. The van der Waals surface area contributed by atoms with Crippen molar-refractivity contribution in [3.05, 3.63) is 76.8 Å². The van der Waals surface area contributed by atoms with E-state index in [1.807, 2.05) is 42.5 Å². The number of rotatable bonds is 9. The largest absolute Gasteiger partial charge is 0.496 e. The Kier molecular flexibility index (Phi) is 8.85. The van der Waals surface area contributed by atoms with Gasteiger partial charge in [0.15, 0.2) is 16.6 Å². The van der Waals surface area contributed by atoms with E-state index < -0.39 is 0 Å². The molecule has 3 rings (SSSR count). The van der Waals surface area contributed by atoms with Crippen molar-refractivity contribution in [2.45, 2.75) is 19.5 Å². The minimum absolute atomic E-state index is 0.0244. The Morgan fingerprint density at radius 1 is 0.882 bits per heavy atom. The van der Waals surface area contributed by atoms with Crippen molar-refractivity contribution >= 4 is 34.6 Å². The maximum Gasteiger partial charge on any atom is 0.203 e. The summed E-state index contributed by atoms with van der Waals surface area (Å²) < 4.78 is 22.0. The molecule has 0 saturated carbocycles. The molecule has 0 aliphatic carbocycles. The number of halogens is 1. The Labute approximate surface area is 211 Å². The molecule has 1 N–H and O–H groups in total. The summed E-state index contributed by atoms with van der Waals surface area (Å²) in [6, 6.07) is 19.4. The summed E-state index contributed by atoms with van der Waals surface area (Å²) in [6.45, 7) is 2.62. The maximum absolute atomic E-state index is 6.18. The minimum Gasteiger partial charge on any atom is -0.496 e. The summed E-state index contributed by atoms with van der Waals surface area (Å²) in [5.41, 5.74) is 2.81. The second-order valence-electron chi connectivity index (χ2n) is 7.51. The van der Waals surface area contributed by atoms with E-state index in [2.05, 4.69) is 29.3 Å². The molecule has 3 aromatic rings. The summed E-state index contributed by atoms with van der Waals surface area (Å²) in [4.78, 5) is 2.10. The molecule has 34 heavy (non-hydrogen) atoms. The van der Waals surface area contributed by atoms with Crippen molar-refractivity contribution < 1.29 is 18.9 Å². The monoisotopic (exact) mass is 500 g/mol. The van der Waals surface area contributed by atoms with Gasteiger partial charge >= 0.3 is 0 Å².